The number of carboxylic acid groups (broad SMARTS) is 2. The summed E-state index contributed by atoms with van der Waals surface area (Å²) in [6.45, 7) is 0. The Balaban J connectivity index is 1.59. The van der Waals surface area contributed by atoms with Crippen LogP contribution in [-0.2, 0) is 43.2 Å². The van der Waals surface area contributed by atoms with E-state index >= 15 is 0 Å². The van der Waals surface area contributed by atoms with Crippen molar-refractivity contribution in [3.05, 3.63) is 108 Å². The van der Waals surface area contributed by atoms with Gasteiger partial charge in [0, 0.05) is 29.9 Å². The topological polar surface area (TPSA) is 204 Å². The second kappa shape index (κ2) is 15.3. The number of nitrogens with one attached hydrogen (secondary N) is 4. The molecule has 12 nitrogen and oxygen atoms in total. The van der Waals surface area contributed by atoms with Crippen molar-refractivity contribution in [2.75, 3.05) is 0 Å². The molecule has 0 bridgehead atoms. The molecule has 4 unspecified atom stereocenters. The van der Waals surface area contributed by atoms with E-state index in [0.717, 1.165) is 22.0 Å². The Kier molecular flexibility index (Phi) is 11.0. The Bertz CT molecular complexity index is 1640. The van der Waals surface area contributed by atoms with Crippen LogP contribution in [0.2, 0.25) is 0 Å². The standard InChI is InChI=1S/C33H35N5O7/c34-24(15-20-9-3-1-4-10-20)30(41)36-27(17-22-19-35-25-14-8-7-13-23(22)25)32(43)37-26(16-21-11-5-2-6-12-21)31(42)38-28(33(44)45)18-29(39)40/h1-14,19,24,26-28,35H,15-18,34H2,(H,36,41)(H,37,43)(H,38,42)(H,39,40)(H,44,45). The number of para-hydroxylation sites is 1. The number of amides is 3. The summed E-state index contributed by atoms with van der Waals surface area (Å²) in [5.74, 6) is -5.12. The molecule has 0 spiro atoms. The van der Waals surface area contributed by atoms with Gasteiger partial charge in [-0.3, -0.25) is 19.2 Å². The van der Waals surface area contributed by atoms with Crippen molar-refractivity contribution in [3.8, 4) is 0 Å². The lowest BCUT2D eigenvalue weighted by molar-refractivity contribution is -0.147. The van der Waals surface area contributed by atoms with Gasteiger partial charge in [0.2, 0.25) is 17.7 Å². The van der Waals surface area contributed by atoms with Crippen LogP contribution in [0, 0.1) is 0 Å². The first-order chi connectivity index (χ1) is 21.6. The molecule has 0 aliphatic heterocycles. The summed E-state index contributed by atoms with van der Waals surface area (Å²) in [6.07, 6.45) is 1.13. The third-order valence-corrected chi connectivity index (χ3v) is 7.28. The number of hydrogen-bond acceptors (Lipinski definition) is 6. The fraction of sp³-hybridized carbons (Fsp3) is 0.242. The third kappa shape index (κ3) is 9.25. The summed E-state index contributed by atoms with van der Waals surface area (Å²) in [7, 11) is 0. The molecule has 3 amide bonds. The largest absolute Gasteiger partial charge is 0.481 e. The molecule has 0 saturated heterocycles. The van der Waals surface area contributed by atoms with Crippen LogP contribution >= 0.6 is 0 Å². The summed E-state index contributed by atoms with van der Waals surface area (Å²) < 4.78 is 0. The van der Waals surface area contributed by atoms with Crippen LogP contribution in [0.1, 0.15) is 23.1 Å². The van der Waals surface area contributed by atoms with Crippen molar-refractivity contribution in [1.29, 1.82) is 0 Å². The first-order valence-corrected chi connectivity index (χ1v) is 14.3. The lowest BCUT2D eigenvalue weighted by atomic mass is 10.0. The van der Waals surface area contributed by atoms with Gasteiger partial charge in [-0.15, -0.1) is 0 Å². The van der Waals surface area contributed by atoms with Crippen LogP contribution in [-0.4, -0.2) is 69.0 Å². The van der Waals surface area contributed by atoms with Gasteiger partial charge in [-0.1, -0.05) is 78.9 Å². The zero-order valence-corrected chi connectivity index (χ0v) is 24.3. The number of fused-ring (bicyclic) bond motifs is 1. The molecule has 0 fully saturated rings. The smallest absolute Gasteiger partial charge is 0.326 e. The van der Waals surface area contributed by atoms with Crippen molar-refractivity contribution in [2.45, 2.75) is 49.9 Å². The van der Waals surface area contributed by atoms with Crippen molar-refractivity contribution in [3.63, 3.8) is 0 Å². The number of carboxylic acids is 2. The Morgan fingerprint density at radius 2 is 1.16 bits per heavy atom. The van der Waals surface area contributed by atoms with Gasteiger partial charge in [0.05, 0.1) is 12.5 Å². The molecular formula is C33H35N5O7. The predicted molar refractivity (Wildman–Crippen MR) is 166 cm³/mol. The number of aromatic nitrogens is 1. The van der Waals surface area contributed by atoms with Gasteiger partial charge in [0.15, 0.2) is 0 Å². The van der Waals surface area contributed by atoms with E-state index in [1.165, 1.54) is 0 Å². The average Bonchev–Trinajstić information content (AvgIpc) is 3.43. The summed E-state index contributed by atoms with van der Waals surface area (Å²) >= 11 is 0. The second-order valence-electron chi connectivity index (χ2n) is 10.7. The van der Waals surface area contributed by atoms with Gasteiger partial charge in [-0.05, 0) is 29.2 Å². The van der Waals surface area contributed by atoms with Gasteiger partial charge in [0.25, 0.3) is 0 Å². The van der Waals surface area contributed by atoms with E-state index in [0.29, 0.717) is 5.56 Å². The van der Waals surface area contributed by atoms with Crippen molar-refractivity contribution < 1.29 is 34.2 Å². The number of aromatic amines is 1. The molecule has 0 aliphatic rings. The minimum absolute atomic E-state index is 0.0287. The number of carbonyl (C=O) groups excluding carboxylic acids is 3. The molecule has 12 heteroatoms. The van der Waals surface area contributed by atoms with Gasteiger partial charge in [-0.25, -0.2) is 4.79 Å². The highest BCUT2D eigenvalue weighted by Gasteiger charge is 2.32. The first kappa shape index (κ1) is 32.4. The molecular weight excluding hydrogens is 578 g/mol. The highest BCUT2D eigenvalue weighted by molar-refractivity contribution is 5.95. The minimum atomic E-state index is -1.72. The van der Waals surface area contributed by atoms with Gasteiger partial charge >= 0.3 is 11.9 Å². The summed E-state index contributed by atoms with van der Waals surface area (Å²) in [5.41, 5.74) is 9.28. The van der Waals surface area contributed by atoms with E-state index < -0.39 is 60.2 Å². The molecule has 45 heavy (non-hydrogen) atoms. The van der Waals surface area contributed by atoms with E-state index in [2.05, 4.69) is 20.9 Å². The molecule has 3 aromatic carbocycles. The molecule has 0 radical (unpaired) electrons. The highest BCUT2D eigenvalue weighted by Crippen LogP contribution is 2.19. The third-order valence-electron chi connectivity index (χ3n) is 7.28. The quantitative estimate of drug-likeness (QED) is 0.105. The monoisotopic (exact) mass is 613 g/mol. The zero-order chi connectivity index (χ0) is 32.3. The van der Waals surface area contributed by atoms with Gasteiger partial charge < -0.3 is 36.9 Å². The lowest BCUT2D eigenvalue weighted by Crippen LogP contribution is -2.58. The Morgan fingerprint density at radius 3 is 1.76 bits per heavy atom. The number of rotatable bonds is 15. The summed E-state index contributed by atoms with van der Waals surface area (Å²) in [4.78, 5) is 66.5. The molecule has 1 aromatic heterocycles. The number of aliphatic carboxylic acids is 2. The van der Waals surface area contributed by atoms with Crippen molar-refractivity contribution in [2.24, 2.45) is 5.73 Å². The van der Waals surface area contributed by atoms with E-state index in [-0.39, 0.29) is 19.3 Å². The van der Waals surface area contributed by atoms with Gasteiger partial charge in [0.1, 0.15) is 18.1 Å². The van der Waals surface area contributed by atoms with Crippen molar-refractivity contribution >= 4 is 40.6 Å². The molecule has 234 valence electrons. The van der Waals surface area contributed by atoms with Crippen LogP contribution in [0.5, 0.6) is 0 Å². The molecule has 1 heterocycles. The number of nitrogens with two attached hydrogens (primary N) is 1. The molecule has 0 saturated carbocycles. The van der Waals surface area contributed by atoms with E-state index in [1.54, 1.807) is 36.5 Å². The second-order valence-corrected chi connectivity index (χ2v) is 10.7. The molecule has 4 rings (SSSR count). The average molecular weight is 614 g/mol. The highest BCUT2D eigenvalue weighted by atomic mass is 16.4. The molecule has 0 aliphatic carbocycles. The van der Waals surface area contributed by atoms with Crippen LogP contribution in [0.15, 0.2) is 91.1 Å². The normalized spacial score (nSPS) is 13.6. The first-order valence-electron chi connectivity index (χ1n) is 14.3. The SMILES string of the molecule is NC(Cc1ccccc1)C(=O)NC(Cc1c[nH]c2ccccc12)C(=O)NC(Cc1ccccc1)C(=O)NC(CC(=O)O)C(=O)O. The fourth-order valence-corrected chi connectivity index (χ4v) is 4.95. The summed E-state index contributed by atoms with van der Waals surface area (Å²) in [5, 5.41) is 27.1. The van der Waals surface area contributed by atoms with Crippen LogP contribution in [0.4, 0.5) is 0 Å². The maximum absolute atomic E-state index is 13.9. The molecule has 8 N–H and O–H groups in total. The van der Waals surface area contributed by atoms with Crippen LogP contribution < -0.4 is 21.7 Å². The van der Waals surface area contributed by atoms with Crippen molar-refractivity contribution in [1.82, 2.24) is 20.9 Å². The fourth-order valence-electron chi connectivity index (χ4n) is 4.95. The Labute approximate surface area is 259 Å². The zero-order valence-electron chi connectivity index (χ0n) is 24.3. The number of carbonyl (C=O) groups is 5. The predicted octanol–water partition coefficient (Wildman–Crippen LogP) is 1.54. The van der Waals surface area contributed by atoms with Gasteiger partial charge in [-0.2, -0.15) is 0 Å². The number of hydrogen-bond donors (Lipinski definition) is 7. The number of H-pyrrole nitrogens is 1. The molecule has 4 aromatic rings. The van der Waals surface area contributed by atoms with E-state index in [9.17, 15) is 29.1 Å². The Hall–Kier alpha value is -5.49. The minimum Gasteiger partial charge on any atom is -0.481 e. The summed E-state index contributed by atoms with van der Waals surface area (Å²) in [6, 6.07) is 20.2. The van der Waals surface area contributed by atoms with E-state index in [4.69, 9.17) is 10.8 Å². The van der Waals surface area contributed by atoms with Crippen LogP contribution in [0.25, 0.3) is 10.9 Å². The maximum Gasteiger partial charge on any atom is 0.326 e. The lowest BCUT2D eigenvalue weighted by Gasteiger charge is -2.25. The van der Waals surface area contributed by atoms with Crippen LogP contribution in [0.3, 0.4) is 0 Å². The maximum atomic E-state index is 13.9. The molecule has 4 atom stereocenters. The Morgan fingerprint density at radius 1 is 0.644 bits per heavy atom. The van der Waals surface area contributed by atoms with E-state index in [1.807, 2.05) is 54.6 Å². The number of benzene rings is 3.